The smallest absolute Gasteiger partial charge is 0.103 e. The van der Waals surface area contributed by atoms with Gasteiger partial charge in [0.25, 0.3) is 0 Å². The third-order valence-corrected chi connectivity index (χ3v) is 2.54. The Labute approximate surface area is 89.3 Å². The molecule has 78 valence electrons. The van der Waals surface area contributed by atoms with Crippen LogP contribution in [0.1, 0.15) is 6.92 Å². The van der Waals surface area contributed by atoms with E-state index in [1.54, 1.807) is 0 Å². The van der Waals surface area contributed by atoms with E-state index < -0.39 is 0 Å². The topological polar surface area (TPSA) is 57.0 Å². The quantitative estimate of drug-likeness (QED) is 0.733. The average Bonchev–Trinajstić information content (AvgIpc) is 2.61. The van der Waals surface area contributed by atoms with Gasteiger partial charge in [-0.25, -0.2) is 0 Å². The SMILES string of the molecule is CCn1c(N)ccc1-c1ccc(N)cc1. The predicted molar refractivity (Wildman–Crippen MR) is 64.4 cm³/mol. The molecule has 3 nitrogen and oxygen atoms in total. The van der Waals surface area contributed by atoms with Gasteiger partial charge in [-0.15, -0.1) is 0 Å². The summed E-state index contributed by atoms with van der Waals surface area (Å²) in [6.45, 7) is 2.95. The molecule has 0 unspecified atom stereocenters. The Morgan fingerprint density at radius 1 is 1.00 bits per heavy atom. The van der Waals surface area contributed by atoms with Crippen LogP contribution in [0.25, 0.3) is 11.3 Å². The third kappa shape index (κ3) is 1.68. The number of rotatable bonds is 2. The van der Waals surface area contributed by atoms with Gasteiger partial charge in [0.05, 0.1) is 0 Å². The lowest BCUT2D eigenvalue weighted by Gasteiger charge is -2.08. The van der Waals surface area contributed by atoms with Gasteiger partial charge in [-0.1, -0.05) is 12.1 Å². The largest absolute Gasteiger partial charge is 0.399 e. The van der Waals surface area contributed by atoms with Crippen LogP contribution in [0.2, 0.25) is 0 Å². The lowest BCUT2D eigenvalue weighted by molar-refractivity contribution is 0.788. The second-order valence-corrected chi connectivity index (χ2v) is 3.51. The highest BCUT2D eigenvalue weighted by molar-refractivity contribution is 5.65. The zero-order chi connectivity index (χ0) is 10.8. The maximum Gasteiger partial charge on any atom is 0.103 e. The van der Waals surface area contributed by atoms with Crippen LogP contribution in [0, 0.1) is 0 Å². The summed E-state index contributed by atoms with van der Waals surface area (Å²) < 4.78 is 2.07. The molecule has 0 fully saturated rings. The van der Waals surface area contributed by atoms with Crippen LogP contribution in [0.4, 0.5) is 11.5 Å². The van der Waals surface area contributed by atoms with Crippen LogP contribution >= 0.6 is 0 Å². The number of nitrogen functional groups attached to an aromatic ring is 2. The number of hydrogen-bond donors (Lipinski definition) is 2. The Morgan fingerprint density at radius 3 is 2.27 bits per heavy atom. The van der Waals surface area contributed by atoms with Crippen molar-refractivity contribution in [3.05, 3.63) is 36.4 Å². The lowest BCUT2D eigenvalue weighted by Crippen LogP contribution is -2.01. The molecule has 1 aromatic carbocycles. The van der Waals surface area contributed by atoms with Gasteiger partial charge < -0.3 is 16.0 Å². The molecular weight excluding hydrogens is 186 g/mol. The number of anilines is 2. The van der Waals surface area contributed by atoms with Crippen LogP contribution in [-0.2, 0) is 6.54 Å². The van der Waals surface area contributed by atoms with Crippen LogP contribution in [-0.4, -0.2) is 4.57 Å². The molecule has 0 saturated heterocycles. The normalized spacial score (nSPS) is 10.5. The van der Waals surface area contributed by atoms with Crippen LogP contribution < -0.4 is 11.5 Å². The highest BCUT2D eigenvalue weighted by atomic mass is 15.0. The molecular formula is C12H15N3. The van der Waals surface area contributed by atoms with Crippen molar-refractivity contribution in [2.24, 2.45) is 0 Å². The fraction of sp³-hybridized carbons (Fsp3) is 0.167. The van der Waals surface area contributed by atoms with E-state index in [-0.39, 0.29) is 0 Å². The number of benzene rings is 1. The summed E-state index contributed by atoms with van der Waals surface area (Å²) in [4.78, 5) is 0. The van der Waals surface area contributed by atoms with Crippen molar-refractivity contribution in [2.45, 2.75) is 13.5 Å². The van der Waals surface area contributed by atoms with Crippen molar-refractivity contribution in [2.75, 3.05) is 11.5 Å². The summed E-state index contributed by atoms with van der Waals surface area (Å²) >= 11 is 0. The van der Waals surface area contributed by atoms with Gasteiger partial charge in [-0.2, -0.15) is 0 Å². The first kappa shape index (κ1) is 9.65. The van der Waals surface area contributed by atoms with E-state index in [0.717, 1.165) is 29.3 Å². The Morgan fingerprint density at radius 2 is 1.67 bits per heavy atom. The third-order valence-electron chi connectivity index (χ3n) is 2.54. The molecule has 0 aliphatic carbocycles. The molecule has 1 heterocycles. The van der Waals surface area contributed by atoms with Crippen LogP contribution in [0.15, 0.2) is 36.4 Å². The standard InChI is InChI=1S/C12H15N3/c1-2-15-11(7-8-12(15)14)9-3-5-10(13)6-4-9/h3-8H,2,13-14H2,1H3. The van der Waals surface area contributed by atoms with E-state index in [1.165, 1.54) is 0 Å². The summed E-state index contributed by atoms with van der Waals surface area (Å²) in [7, 11) is 0. The molecule has 2 rings (SSSR count). The molecule has 0 radical (unpaired) electrons. The molecule has 3 heteroatoms. The van der Waals surface area contributed by atoms with Crippen molar-refractivity contribution in [1.82, 2.24) is 4.57 Å². The van der Waals surface area contributed by atoms with Gasteiger partial charge in [0, 0.05) is 17.9 Å². The van der Waals surface area contributed by atoms with Crippen molar-refractivity contribution in [3.63, 3.8) is 0 Å². The van der Waals surface area contributed by atoms with E-state index in [9.17, 15) is 0 Å². The molecule has 4 N–H and O–H groups in total. The Kier molecular flexibility index (Phi) is 2.37. The summed E-state index contributed by atoms with van der Waals surface area (Å²) in [6.07, 6.45) is 0. The molecule has 0 aliphatic heterocycles. The molecule has 0 atom stereocenters. The highest BCUT2D eigenvalue weighted by Gasteiger charge is 2.05. The molecule has 0 spiro atoms. The maximum atomic E-state index is 5.86. The van der Waals surface area contributed by atoms with Crippen LogP contribution in [0.3, 0.4) is 0 Å². The summed E-state index contributed by atoms with van der Waals surface area (Å²) in [5.41, 5.74) is 14.6. The van der Waals surface area contributed by atoms with Crippen molar-refractivity contribution in [1.29, 1.82) is 0 Å². The van der Waals surface area contributed by atoms with E-state index in [4.69, 9.17) is 11.5 Å². The Balaban J connectivity index is 2.49. The molecule has 0 bridgehead atoms. The summed E-state index contributed by atoms with van der Waals surface area (Å²) in [6, 6.07) is 11.8. The van der Waals surface area contributed by atoms with Gasteiger partial charge in [-0.3, -0.25) is 0 Å². The molecule has 0 amide bonds. The summed E-state index contributed by atoms with van der Waals surface area (Å²) in [5, 5.41) is 0. The second kappa shape index (κ2) is 3.69. The van der Waals surface area contributed by atoms with Gasteiger partial charge >= 0.3 is 0 Å². The minimum Gasteiger partial charge on any atom is -0.399 e. The second-order valence-electron chi connectivity index (χ2n) is 3.51. The maximum absolute atomic E-state index is 5.86. The van der Waals surface area contributed by atoms with Crippen molar-refractivity contribution in [3.8, 4) is 11.3 Å². The number of nitrogens with two attached hydrogens (primary N) is 2. The zero-order valence-electron chi connectivity index (χ0n) is 8.77. The molecule has 15 heavy (non-hydrogen) atoms. The zero-order valence-corrected chi connectivity index (χ0v) is 8.77. The molecule has 0 aliphatic rings. The Hall–Kier alpha value is -1.90. The van der Waals surface area contributed by atoms with E-state index in [0.29, 0.717) is 0 Å². The molecule has 2 aromatic rings. The lowest BCUT2D eigenvalue weighted by atomic mass is 10.1. The number of aromatic nitrogens is 1. The fourth-order valence-corrected chi connectivity index (χ4v) is 1.74. The number of nitrogens with zero attached hydrogens (tertiary/aromatic N) is 1. The van der Waals surface area contributed by atoms with Gasteiger partial charge in [0.15, 0.2) is 0 Å². The molecule has 0 saturated carbocycles. The highest BCUT2D eigenvalue weighted by Crippen LogP contribution is 2.24. The monoisotopic (exact) mass is 201 g/mol. The van der Waals surface area contributed by atoms with Gasteiger partial charge in [-0.05, 0) is 36.8 Å². The van der Waals surface area contributed by atoms with Gasteiger partial charge in [0.2, 0.25) is 0 Å². The van der Waals surface area contributed by atoms with Crippen molar-refractivity contribution < 1.29 is 0 Å². The first-order chi connectivity index (χ1) is 7.22. The first-order valence-corrected chi connectivity index (χ1v) is 5.03. The van der Waals surface area contributed by atoms with E-state index in [1.807, 2.05) is 36.4 Å². The average molecular weight is 201 g/mol. The number of hydrogen-bond acceptors (Lipinski definition) is 2. The minimum absolute atomic E-state index is 0.779. The van der Waals surface area contributed by atoms with Gasteiger partial charge in [0.1, 0.15) is 5.82 Å². The Bertz CT molecular complexity index is 454. The minimum atomic E-state index is 0.779. The van der Waals surface area contributed by atoms with Crippen LogP contribution in [0.5, 0.6) is 0 Å². The van der Waals surface area contributed by atoms with Crippen molar-refractivity contribution >= 4 is 11.5 Å². The molecule has 1 aromatic heterocycles. The fourth-order valence-electron chi connectivity index (χ4n) is 1.74. The summed E-state index contributed by atoms with van der Waals surface area (Å²) in [5.74, 6) is 0.796. The van der Waals surface area contributed by atoms with E-state index >= 15 is 0 Å². The predicted octanol–water partition coefficient (Wildman–Crippen LogP) is 2.34. The first-order valence-electron chi connectivity index (χ1n) is 5.03. The van der Waals surface area contributed by atoms with E-state index in [2.05, 4.69) is 11.5 Å².